The highest BCUT2D eigenvalue weighted by Crippen LogP contribution is 2.37. The van der Waals surface area contributed by atoms with E-state index in [1.165, 1.54) is 19.1 Å². The van der Waals surface area contributed by atoms with E-state index in [9.17, 15) is 22.8 Å². The molecule has 2 rings (SSSR count). The maximum atomic E-state index is 13.3. The van der Waals surface area contributed by atoms with Gasteiger partial charge in [-0.05, 0) is 48.9 Å². The fourth-order valence-electron chi connectivity index (χ4n) is 2.24. The molecule has 2 aromatic rings. The van der Waals surface area contributed by atoms with Crippen molar-refractivity contribution in [1.82, 2.24) is 0 Å². The molecule has 0 atom stereocenters. The molecule has 0 unspecified atom stereocenters. The van der Waals surface area contributed by atoms with Gasteiger partial charge in [0.1, 0.15) is 0 Å². The zero-order chi connectivity index (χ0) is 18.8. The molecule has 0 heterocycles. The van der Waals surface area contributed by atoms with Crippen LogP contribution in [-0.2, 0) is 11.0 Å². The third-order valence-electron chi connectivity index (χ3n) is 3.33. The monoisotopic (exact) mass is 414 g/mol. The first-order valence-electron chi connectivity index (χ1n) is 7.14. The molecule has 2 N–H and O–H groups in total. The maximum absolute atomic E-state index is 13.3. The molecule has 2 amide bonds. The first-order chi connectivity index (χ1) is 11.6. The highest BCUT2D eigenvalue weighted by Gasteiger charge is 2.34. The molecule has 132 valence electrons. The van der Waals surface area contributed by atoms with Crippen LogP contribution in [0.4, 0.5) is 24.5 Å². The number of carbonyl (C=O) groups is 2. The lowest BCUT2D eigenvalue weighted by Gasteiger charge is -2.16. The fourth-order valence-corrected chi connectivity index (χ4v) is 2.72. The first kappa shape index (κ1) is 19.0. The molecule has 0 aliphatic rings. The molecule has 0 fully saturated rings. The standard InChI is InChI=1S/C17H14BrF3N2O2/c1-9-7-11(18)3-5-13(9)16(25)23-15-6-4-12(22-10(2)24)8-14(15)17(19,20)21/h3-8H,1-2H3,(H,22,24)(H,23,25). The van der Waals surface area contributed by atoms with Gasteiger partial charge in [0, 0.05) is 22.6 Å². The molecule has 0 aromatic heterocycles. The third kappa shape index (κ3) is 4.82. The largest absolute Gasteiger partial charge is 0.418 e. The van der Waals surface area contributed by atoms with E-state index in [2.05, 4.69) is 26.6 Å². The Morgan fingerprint density at radius 1 is 1.04 bits per heavy atom. The van der Waals surface area contributed by atoms with Crippen molar-refractivity contribution in [3.63, 3.8) is 0 Å². The normalized spacial score (nSPS) is 11.1. The summed E-state index contributed by atoms with van der Waals surface area (Å²) in [6.07, 6.45) is -4.69. The smallest absolute Gasteiger partial charge is 0.326 e. The van der Waals surface area contributed by atoms with Gasteiger partial charge in [0.2, 0.25) is 5.91 Å². The van der Waals surface area contributed by atoms with E-state index in [-0.39, 0.29) is 16.9 Å². The molecule has 0 aliphatic carbocycles. The average Bonchev–Trinajstić information content (AvgIpc) is 2.47. The van der Waals surface area contributed by atoms with Gasteiger partial charge in [0.25, 0.3) is 5.91 Å². The van der Waals surface area contributed by atoms with Crippen molar-refractivity contribution in [3.8, 4) is 0 Å². The minimum absolute atomic E-state index is 0.00218. The molecule has 0 aliphatic heterocycles. The Balaban J connectivity index is 2.37. The summed E-state index contributed by atoms with van der Waals surface area (Å²) in [5.74, 6) is -1.14. The summed E-state index contributed by atoms with van der Waals surface area (Å²) in [5, 5.41) is 4.58. The van der Waals surface area contributed by atoms with Gasteiger partial charge in [-0.15, -0.1) is 0 Å². The maximum Gasteiger partial charge on any atom is 0.418 e. The van der Waals surface area contributed by atoms with Crippen molar-refractivity contribution in [1.29, 1.82) is 0 Å². The SMILES string of the molecule is CC(=O)Nc1ccc(NC(=O)c2ccc(Br)cc2C)c(C(F)(F)F)c1. The van der Waals surface area contributed by atoms with E-state index in [4.69, 9.17) is 0 Å². The lowest BCUT2D eigenvalue weighted by molar-refractivity contribution is -0.137. The van der Waals surface area contributed by atoms with E-state index < -0.39 is 23.6 Å². The van der Waals surface area contributed by atoms with Crippen LogP contribution in [0.25, 0.3) is 0 Å². The van der Waals surface area contributed by atoms with Crippen LogP contribution in [0.2, 0.25) is 0 Å². The summed E-state index contributed by atoms with van der Waals surface area (Å²) in [6, 6.07) is 8.03. The molecule has 0 radical (unpaired) electrons. The molecule has 0 bridgehead atoms. The minimum Gasteiger partial charge on any atom is -0.326 e. The second-order valence-electron chi connectivity index (χ2n) is 5.35. The molecule has 0 saturated carbocycles. The zero-order valence-corrected chi connectivity index (χ0v) is 14.9. The lowest BCUT2D eigenvalue weighted by atomic mass is 10.1. The highest BCUT2D eigenvalue weighted by molar-refractivity contribution is 9.10. The van der Waals surface area contributed by atoms with Gasteiger partial charge in [-0.1, -0.05) is 15.9 Å². The van der Waals surface area contributed by atoms with Crippen LogP contribution in [-0.4, -0.2) is 11.8 Å². The summed E-state index contributed by atoms with van der Waals surface area (Å²) < 4.78 is 40.6. The zero-order valence-electron chi connectivity index (χ0n) is 13.3. The molecule has 0 saturated heterocycles. The van der Waals surface area contributed by atoms with Gasteiger partial charge >= 0.3 is 6.18 Å². The molecular weight excluding hydrogens is 401 g/mol. The van der Waals surface area contributed by atoms with Crippen LogP contribution in [0.3, 0.4) is 0 Å². The number of aryl methyl sites for hydroxylation is 1. The number of rotatable bonds is 3. The Kier molecular flexibility index (Phi) is 5.52. The van der Waals surface area contributed by atoms with Gasteiger partial charge in [-0.2, -0.15) is 13.2 Å². The molecular formula is C17H14BrF3N2O2. The van der Waals surface area contributed by atoms with E-state index in [1.54, 1.807) is 19.1 Å². The second-order valence-corrected chi connectivity index (χ2v) is 6.27. The van der Waals surface area contributed by atoms with Gasteiger partial charge in [-0.3, -0.25) is 9.59 Å². The van der Waals surface area contributed by atoms with Crippen molar-refractivity contribution >= 4 is 39.1 Å². The Bertz CT molecular complexity index is 835. The van der Waals surface area contributed by atoms with Crippen LogP contribution >= 0.6 is 15.9 Å². The molecule has 8 heteroatoms. The molecule has 0 spiro atoms. The topological polar surface area (TPSA) is 58.2 Å². The lowest BCUT2D eigenvalue weighted by Crippen LogP contribution is -2.18. The Morgan fingerprint density at radius 3 is 2.28 bits per heavy atom. The quantitative estimate of drug-likeness (QED) is 0.743. The van der Waals surface area contributed by atoms with Crippen LogP contribution in [0, 0.1) is 6.92 Å². The summed E-state index contributed by atoms with van der Waals surface area (Å²) in [4.78, 5) is 23.3. The van der Waals surface area contributed by atoms with Gasteiger partial charge in [-0.25, -0.2) is 0 Å². The summed E-state index contributed by atoms with van der Waals surface area (Å²) in [7, 11) is 0. The van der Waals surface area contributed by atoms with Gasteiger partial charge in [0.15, 0.2) is 0 Å². The minimum atomic E-state index is -4.69. The van der Waals surface area contributed by atoms with E-state index in [1.807, 2.05) is 0 Å². The highest BCUT2D eigenvalue weighted by atomic mass is 79.9. The molecule has 2 aromatic carbocycles. The predicted molar refractivity (Wildman–Crippen MR) is 92.6 cm³/mol. The number of alkyl halides is 3. The van der Waals surface area contributed by atoms with E-state index >= 15 is 0 Å². The Hall–Kier alpha value is -2.35. The average molecular weight is 415 g/mol. The summed E-state index contributed by atoms with van der Waals surface area (Å²) in [5.41, 5.74) is -0.536. The van der Waals surface area contributed by atoms with Crippen molar-refractivity contribution < 1.29 is 22.8 Å². The van der Waals surface area contributed by atoms with E-state index in [0.29, 0.717) is 5.56 Å². The van der Waals surface area contributed by atoms with Crippen LogP contribution in [0.5, 0.6) is 0 Å². The Labute approximate surface area is 150 Å². The molecule has 25 heavy (non-hydrogen) atoms. The number of anilines is 2. The summed E-state index contributed by atoms with van der Waals surface area (Å²) in [6.45, 7) is 2.88. The van der Waals surface area contributed by atoms with Gasteiger partial charge < -0.3 is 10.6 Å². The number of hydrogen-bond acceptors (Lipinski definition) is 2. The van der Waals surface area contributed by atoms with Crippen LogP contribution in [0.1, 0.15) is 28.4 Å². The number of carbonyl (C=O) groups excluding carboxylic acids is 2. The van der Waals surface area contributed by atoms with Gasteiger partial charge in [0.05, 0.1) is 11.3 Å². The first-order valence-corrected chi connectivity index (χ1v) is 7.93. The van der Waals surface area contributed by atoms with Crippen LogP contribution in [0.15, 0.2) is 40.9 Å². The molecule has 4 nitrogen and oxygen atoms in total. The number of nitrogens with one attached hydrogen (secondary N) is 2. The second kappa shape index (κ2) is 7.26. The van der Waals surface area contributed by atoms with Crippen molar-refractivity contribution in [2.75, 3.05) is 10.6 Å². The third-order valence-corrected chi connectivity index (χ3v) is 3.82. The van der Waals surface area contributed by atoms with Crippen molar-refractivity contribution in [2.45, 2.75) is 20.0 Å². The summed E-state index contributed by atoms with van der Waals surface area (Å²) >= 11 is 3.26. The Morgan fingerprint density at radius 2 is 1.72 bits per heavy atom. The number of hydrogen-bond donors (Lipinski definition) is 2. The number of halogens is 4. The van der Waals surface area contributed by atoms with Crippen molar-refractivity contribution in [2.24, 2.45) is 0 Å². The number of benzene rings is 2. The predicted octanol–water partition coefficient (Wildman–Crippen LogP) is 4.99. The number of amides is 2. The fraction of sp³-hybridized carbons (Fsp3) is 0.176. The van der Waals surface area contributed by atoms with Crippen LogP contribution < -0.4 is 10.6 Å². The van der Waals surface area contributed by atoms with Crippen molar-refractivity contribution in [3.05, 3.63) is 57.6 Å². The van der Waals surface area contributed by atoms with E-state index in [0.717, 1.165) is 16.6 Å².